The van der Waals surface area contributed by atoms with Crippen molar-refractivity contribution >= 4 is 11.9 Å². The van der Waals surface area contributed by atoms with Crippen LogP contribution in [-0.4, -0.2) is 26.8 Å². The van der Waals surface area contributed by atoms with Gasteiger partial charge < -0.3 is 10.4 Å². The van der Waals surface area contributed by atoms with Crippen molar-refractivity contribution in [3.05, 3.63) is 17.5 Å². The van der Waals surface area contributed by atoms with Crippen molar-refractivity contribution in [1.29, 1.82) is 0 Å². The molecule has 0 radical (unpaired) electrons. The highest BCUT2D eigenvalue weighted by Gasteiger charge is 2.51. The number of carbonyl (C=O) groups is 2. The van der Waals surface area contributed by atoms with Crippen LogP contribution in [0, 0.1) is 12.3 Å². The number of carboxylic acid groups (broad SMARTS) is 1. The normalized spacial score (nSPS) is 17.0. The summed E-state index contributed by atoms with van der Waals surface area (Å²) in [5.41, 5.74) is 0.553. The molecule has 6 nitrogen and oxygen atoms in total. The third-order valence-corrected chi connectivity index (χ3v) is 3.61. The van der Waals surface area contributed by atoms with E-state index in [1.807, 2.05) is 20.2 Å². The first-order chi connectivity index (χ1) is 8.45. The lowest BCUT2D eigenvalue weighted by Crippen LogP contribution is -2.50. The number of carbonyl (C=O) groups excluding carboxylic acids is 1. The molecule has 0 atom stereocenters. The van der Waals surface area contributed by atoms with Crippen molar-refractivity contribution in [2.24, 2.45) is 12.5 Å². The van der Waals surface area contributed by atoms with E-state index in [0.29, 0.717) is 19.4 Å². The largest absolute Gasteiger partial charge is 0.480 e. The van der Waals surface area contributed by atoms with E-state index in [2.05, 4.69) is 10.4 Å². The number of hydrogen-bond acceptors (Lipinski definition) is 3. The summed E-state index contributed by atoms with van der Waals surface area (Å²) < 4.78 is 1.67. The van der Waals surface area contributed by atoms with Gasteiger partial charge in [-0.15, -0.1) is 0 Å². The molecule has 1 aromatic heterocycles. The maximum Gasteiger partial charge on any atom is 0.319 e. The summed E-state index contributed by atoms with van der Waals surface area (Å²) in [5, 5.41) is 16.0. The molecular formula is C12H17N3O3. The number of aliphatic carboxylic acids is 1. The van der Waals surface area contributed by atoms with E-state index in [0.717, 1.165) is 17.7 Å². The summed E-state index contributed by atoms with van der Waals surface area (Å²) in [5.74, 6) is -1.40. The zero-order valence-corrected chi connectivity index (χ0v) is 10.6. The molecule has 0 unspecified atom stereocenters. The monoisotopic (exact) mass is 251 g/mol. The topological polar surface area (TPSA) is 84.2 Å². The van der Waals surface area contributed by atoms with Crippen molar-refractivity contribution < 1.29 is 14.7 Å². The molecule has 1 fully saturated rings. The van der Waals surface area contributed by atoms with E-state index in [1.165, 1.54) is 0 Å². The smallest absolute Gasteiger partial charge is 0.319 e. The van der Waals surface area contributed by atoms with Gasteiger partial charge in [-0.1, -0.05) is 6.42 Å². The van der Waals surface area contributed by atoms with Crippen LogP contribution < -0.4 is 5.32 Å². The Morgan fingerprint density at radius 1 is 1.56 bits per heavy atom. The Hall–Kier alpha value is -1.85. The fourth-order valence-electron chi connectivity index (χ4n) is 2.24. The summed E-state index contributed by atoms with van der Waals surface area (Å²) in [6.07, 6.45) is 3.48. The third kappa shape index (κ3) is 1.98. The minimum Gasteiger partial charge on any atom is -0.480 e. The maximum atomic E-state index is 12.0. The van der Waals surface area contributed by atoms with Crippen LogP contribution in [-0.2, 0) is 23.2 Å². The molecule has 0 aliphatic heterocycles. The van der Waals surface area contributed by atoms with Gasteiger partial charge >= 0.3 is 5.97 Å². The van der Waals surface area contributed by atoms with Crippen LogP contribution in [0.2, 0.25) is 0 Å². The van der Waals surface area contributed by atoms with Crippen LogP contribution in [0.5, 0.6) is 0 Å². The zero-order valence-electron chi connectivity index (χ0n) is 10.6. The molecule has 0 aromatic carbocycles. The quantitative estimate of drug-likeness (QED) is 0.767. The van der Waals surface area contributed by atoms with Crippen molar-refractivity contribution in [3.63, 3.8) is 0 Å². The lowest BCUT2D eigenvalue weighted by atomic mass is 9.68. The van der Waals surface area contributed by atoms with Gasteiger partial charge in [0.15, 0.2) is 0 Å². The fraction of sp³-hybridized carbons (Fsp3) is 0.583. The second-order valence-corrected chi connectivity index (χ2v) is 4.84. The molecule has 18 heavy (non-hydrogen) atoms. The number of aryl methyl sites for hydroxylation is 2. The fourth-order valence-corrected chi connectivity index (χ4v) is 2.24. The zero-order chi connectivity index (χ0) is 13.3. The standard InChI is InChI=1S/C12H17N3O3/c1-8-9(7-15(2)14-8)6-13-10(16)12(11(17)18)4-3-5-12/h7H,3-6H2,1-2H3,(H,13,16)(H,17,18). The summed E-state index contributed by atoms with van der Waals surface area (Å²) >= 11 is 0. The van der Waals surface area contributed by atoms with Crippen LogP contribution in [0.15, 0.2) is 6.20 Å². The van der Waals surface area contributed by atoms with Gasteiger partial charge in [-0.3, -0.25) is 14.3 Å². The number of carboxylic acids is 1. The number of aromatic nitrogens is 2. The van der Waals surface area contributed by atoms with Gasteiger partial charge in [0.05, 0.1) is 5.69 Å². The van der Waals surface area contributed by atoms with E-state index < -0.39 is 11.4 Å². The van der Waals surface area contributed by atoms with Gasteiger partial charge in [0.25, 0.3) is 0 Å². The molecule has 2 N–H and O–H groups in total. The van der Waals surface area contributed by atoms with Crippen molar-refractivity contribution in [2.75, 3.05) is 0 Å². The molecule has 0 saturated heterocycles. The predicted octanol–water partition coefficient (Wildman–Crippen LogP) is 0.600. The van der Waals surface area contributed by atoms with Crippen LogP contribution >= 0.6 is 0 Å². The Morgan fingerprint density at radius 2 is 2.22 bits per heavy atom. The number of rotatable bonds is 4. The van der Waals surface area contributed by atoms with Crippen LogP contribution in [0.4, 0.5) is 0 Å². The lowest BCUT2D eigenvalue weighted by Gasteiger charge is -2.35. The third-order valence-electron chi connectivity index (χ3n) is 3.61. The van der Waals surface area contributed by atoms with Gasteiger partial charge in [0.2, 0.25) is 5.91 Å². The Balaban J connectivity index is 2.00. The molecule has 6 heteroatoms. The maximum absolute atomic E-state index is 12.0. The Kier molecular flexibility index (Phi) is 3.11. The van der Waals surface area contributed by atoms with Crippen LogP contribution in [0.25, 0.3) is 0 Å². The molecule has 98 valence electrons. The molecular weight excluding hydrogens is 234 g/mol. The van der Waals surface area contributed by atoms with E-state index in [1.54, 1.807) is 4.68 Å². The first-order valence-corrected chi connectivity index (χ1v) is 5.96. The molecule has 1 heterocycles. The highest BCUT2D eigenvalue weighted by molar-refractivity contribution is 6.02. The van der Waals surface area contributed by atoms with Crippen LogP contribution in [0.3, 0.4) is 0 Å². The Morgan fingerprint density at radius 3 is 2.61 bits per heavy atom. The molecule has 2 rings (SSSR count). The molecule has 1 saturated carbocycles. The highest BCUT2D eigenvalue weighted by Crippen LogP contribution is 2.41. The van der Waals surface area contributed by atoms with E-state index in [-0.39, 0.29) is 5.91 Å². The van der Waals surface area contributed by atoms with E-state index in [4.69, 9.17) is 5.11 Å². The lowest BCUT2D eigenvalue weighted by molar-refractivity contribution is -0.162. The minimum atomic E-state index is -1.20. The molecule has 1 aromatic rings. The number of amides is 1. The SMILES string of the molecule is Cc1nn(C)cc1CNC(=O)C1(C(=O)O)CCC1. The first kappa shape index (κ1) is 12.6. The van der Waals surface area contributed by atoms with Crippen molar-refractivity contribution in [2.45, 2.75) is 32.7 Å². The van der Waals surface area contributed by atoms with E-state index in [9.17, 15) is 9.59 Å². The van der Waals surface area contributed by atoms with Gasteiger partial charge in [0, 0.05) is 25.4 Å². The summed E-state index contributed by atoms with van der Waals surface area (Å²) in [6.45, 7) is 2.19. The Labute approximate surface area is 105 Å². The average molecular weight is 251 g/mol. The second-order valence-electron chi connectivity index (χ2n) is 4.84. The molecule has 0 spiro atoms. The molecule has 1 aliphatic carbocycles. The molecule has 1 aliphatic rings. The minimum absolute atomic E-state index is 0.327. The highest BCUT2D eigenvalue weighted by atomic mass is 16.4. The number of hydrogen-bond donors (Lipinski definition) is 2. The molecule has 1 amide bonds. The first-order valence-electron chi connectivity index (χ1n) is 5.96. The average Bonchev–Trinajstić information content (AvgIpc) is 2.52. The van der Waals surface area contributed by atoms with Crippen molar-refractivity contribution in [3.8, 4) is 0 Å². The van der Waals surface area contributed by atoms with Gasteiger partial charge in [0.1, 0.15) is 5.41 Å². The summed E-state index contributed by atoms with van der Waals surface area (Å²) in [4.78, 5) is 23.1. The molecule has 0 bridgehead atoms. The van der Waals surface area contributed by atoms with Gasteiger partial charge in [-0.2, -0.15) is 5.10 Å². The Bertz CT molecular complexity index is 489. The second kappa shape index (κ2) is 4.44. The predicted molar refractivity (Wildman–Crippen MR) is 63.7 cm³/mol. The number of nitrogens with one attached hydrogen (secondary N) is 1. The summed E-state index contributed by atoms with van der Waals surface area (Å²) in [6, 6.07) is 0. The summed E-state index contributed by atoms with van der Waals surface area (Å²) in [7, 11) is 1.81. The van der Waals surface area contributed by atoms with Crippen LogP contribution in [0.1, 0.15) is 30.5 Å². The number of nitrogens with zero attached hydrogens (tertiary/aromatic N) is 2. The van der Waals surface area contributed by atoms with Gasteiger partial charge in [-0.05, 0) is 19.8 Å². The van der Waals surface area contributed by atoms with Gasteiger partial charge in [-0.25, -0.2) is 0 Å². The van der Waals surface area contributed by atoms with Crippen molar-refractivity contribution in [1.82, 2.24) is 15.1 Å². The van der Waals surface area contributed by atoms with E-state index >= 15 is 0 Å².